The molecule has 6 heteroatoms. The predicted molar refractivity (Wildman–Crippen MR) is 88.8 cm³/mol. The second-order valence-corrected chi connectivity index (χ2v) is 6.77. The number of hydrogen-bond donors (Lipinski definition) is 2. The number of amides is 3. The third kappa shape index (κ3) is 3.55. The predicted octanol–water partition coefficient (Wildman–Crippen LogP) is 2.65. The van der Waals surface area contributed by atoms with E-state index >= 15 is 0 Å². The fraction of sp³-hybridized carbons (Fsp3) is 0.500. The van der Waals surface area contributed by atoms with Crippen molar-refractivity contribution in [2.75, 3.05) is 16.9 Å². The van der Waals surface area contributed by atoms with Crippen LogP contribution in [-0.2, 0) is 4.79 Å². The SMILES string of the molecule is O=C(NC1CCCC1)[C@@H]1CSCN1C(=O)Nc1ccccc1. The standard InChI is InChI=1S/C16H21N3O2S/c20-15(17-12-8-4-5-9-12)14-10-22-11-19(14)16(21)18-13-6-2-1-3-7-13/h1-3,6-7,12,14H,4-5,8-11H2,(H,17,20)(H,18,21)/t14-/m0/s1. The molecule has 3 amide bonds. The first-order valence-corrected chi connectivity index (χ1v) is 8.90. The zero-order chi connectivity index (χ0) is 15.4. The molecule has 1 aliphatic carbocycles. The second kappa shape index (κ2) is 7.05. The van der Waals surface area contributed by atoms with Crippen LogP contribution in [0.25, 0.3) is 0 Å². The van der Waals surface area contributed by atoms with E-state index in [1.807, 2.05) is 30.3 Å². The van der Waals surface area contributed by atoms with Crippen molar-refractivity contribution in [2.45, 2.75) is 37.8 Å². The van der Waals surface area contributed by atoms with Gasteiger partial charge < -0.3 is 15.5 Å². The Balaban J connectivity index is 1.59. The first kappa shape index (κ1) is 15.2. The third-order valence-electron chi connectivity index (χ3n) is 4.17. The summed E-state index contributed by atoms with van der Waals surface area (Å²) in [5, 5.41) is 5.95. The van der Waals surface area contributed by atoms with E-state index in [-0.39, 0.29) is 24.0 Å². The van der Waals surface area contributed by atoms with E-state index in [2.05, 4.69) is 10.6 Å². The monoisotopic (exact) mass is 319 g/mol. The first-order chi connectivity index (χ1) is 10.7. The maximum atomic E-state index is 12.4. The summed E-state index contributed by atoms with van der Waals surface area (Å²) in [6, 6.07) is 9.05. The summed E-state index contributed by atoms with van der Waals surface area (Å²) < 4.78 is 0. The van der Waals surface area contributed by atoms with Crippen molar-refractivity contribution in [1.29, 1.82) is 0 Å². The van der Waals surface area contributed by atoms with Gasteiger partial charge in [0.1, 0.15) is 6.04 Å². The highest BCUT2D eigenvalue weighted by atomic mass is 32.2. The van der Waals surface area contributed by atoms with Gasteiger partial charge in [0.15, 0.2) is 0 Å². The molecule has 1 atom stereocenters. The van der Waals surface area contributed by atoms with E-state index < -0.39 is 0 Å². The largest absolute Gasteiger partial charge is 0.352 e. The summed E-state index contributed by atoms with van der Waals surface area (Å²) in [5.74, 6) is 1.21. The Morgan fingerprint density at radius 3 is 2.59 bits per heavy atom. The number of nitrogens with one attached hydrogen (secondary N) is 2. The third-order valence-corrected chi connectivity index (χ3v) is 5.18. The van der Waals surface area contributed by atoms with Crippen molar-refractivity contribution in [3.63, 3.8) is 0 Å². The quantitative estimate of drug-likeness (QED) is 0.900. The molecule has 22 heavy (non-hydrogen) atoms. The lowest BCUT2D eigenvalue weighted by Crippen LogP contribution is -2.50. The van der Waals surface area contributed by atoms with E-state index in [0.29, 0.717) is 11.6 Å². The van der Waals surface area contributed by atoms with Gasteiger partial charge in [0.05, 0.1) is 5.88 Å². The number of benzene rings is 1. The van der Waals surface area contributed by atoms with Crippen LogP contribution >= 0.6 is 11.8 Å². The van der Waals surface area contributed by atoms with E-state index in [1.54, 1.807) is 16.7 Å². The van der Waals surface area contributed by atoms with Crippen LogP contribution in [0.5, 0.6) is 0 Å². The maximum absolute atomic E-state index is 12.4. The summed E-state index contributed by atoms with van der Waals surface area (Å²) >= 11 is 1.62. The lowest BCUT2D eigenvalue weighted by molar-refractivity contribution is -0.124. The highest BCUT2D eigenvalue weighted by Gasteiger charge is 2.35. The molecule has 2 N–H and O–H groups in total. The summed E-state index contributed by atoms with van der Waals surface area (Å²) in [6.45, 7) is 0. The van der Waals surface area contributed by atoms with E-state index in [0.717, 1.165) is 18.5 Å². The zero-order valence-electron chi connectivity index (χ0n) is 12.5. The van der Waals surface area contributed by atoms with E-state index in [1.165, 1.54) is 12.8 Å². The molecule has 1 saturated carbocycles. The Morgan fingerprint density at radius 2 is 1.86 bits per heavy atom. The lowest BCUT2D eigenvalue weighted by atomic mass is 10.2. The van der Waals surface area contributed by atoms with E-state index in [4.69, 9.17) is 0 Å². The van der Waals surface area contributed by atoms with Crippen molar-refractivity contribution < 1.29 is 9.59 Å². The van der Waals surface area contributed by atoms with Crippen molar-refractivity contribution in [3.8, 4) is 0 Å². The van der Waals surface area contributed by atoms with Crippen molar-refractivity contribution in [2.24, 2.45) is 0 Å². The van der Waals surface area contributed by atoms with Gasteiger partial charge in [-0.15, -0.1) is 11.8 Å². The maximum Gasteiger partial charge on any atom is 0.323 e. The molecule has 1 saturated heterocycles. The number of rotatable bonds is 3. The Hall–Kier alpha value is -1.69. The molecule has 118 valence electrons. The van der Waals surface area contributed by atoms with Gasteiger partial charge in [-0.3, -0.25) is 4.79 Å². The summed E-state index contributed by atoms with van der Waals surface area (Å²) in [5.41, 5.74) is 0.749. The molecule has 1 aromatic rings. The number of hydrogen-bond acceptors (Lipinski definition) is 3. The minimum atomic E-state index is -0.366. The van der Waals surface area contributed by atoms with Crippen LogP contribution in [-0.4, -0.2) is 40.6 Å². The van der Waals surface area contributed by atoms with Gasteiger partial charge in [0.2, 0.25) is 5.91 Å². The van der Waals surface area contributed by atoms with Crippen molar-refractivity contribution in [1.82, 2.24) is 10.2 Å². The zero-order valence-corrected chi connectivity index (χ0v) is 13.3. The number of para-hydroxylation sites is 1. The number of urea groups is 1. The van der Waals surface area contributed by atoms with Gasteiger partial charge in [-0.25, -0.2) is 4.79 Å². The van der Waals surface area contributed by atoms with Gasteiger partial charge in [-0.1, -0.05) is 31.0 Å². The highest BCUT2D eigenvalue weighted by Crippen LogP contribution is 2.24. The van der Waals surface area contributed by atoms with Crippen molar-refractivity contribution >= 4 is 29.4 Å². The number of nitrogens with zero attached hydrogens (tertiary/aromatic N) is 1. The fourth-order valence-corrected chi connectivity index (χ4v) is 4.10. The summed E-state index contributed by atoms with van der Waals surface area (Å²) in [6.07, 6.45) is 4.48. The molecule has 0 radical (unpaired) electrons. The summed E-state index contributed by atoms with van der Waals surface area (Å²) in [4.78, 5) is 26.4. The van der Waals surface area contributed by atoms with Crippen LogP contribution in [0.4, 0.5) is 10.5 Å². The molecule has 2 fully saturated rings. The van der Waals surface area contributed by atoms with Crippen LogP contribution in [0.15, 0.2) is 30.3 Å². The Labute approximate surface area is 134 Å². The fourth-order valence-electron chi connectivity index (χ4n) is 2.94. The summed E-state index contributed by atoms with van der Waals surface area (Å²) in [7, 11) is 0. The number of thioether (sulfide) groups is 1. The molecule has 5 nitrogen and oxygen atoms in total. The lowest BCUT2D eigenvalue weighted by Gasteiger charge is -2.24. The van der Waals surface area contributed by atoms with Crippen LogP contribution in [0, 0.1) is 0 Å². The highest BCUT2D eigenvalue weighted by molar-refractivity contribution is 7.99. The molecule has 1 aliphatic heterocycles. The van der Waals surface area contributed by atoms with Crippen LogP contribution in [0.2, 0.25) is 0 Å². The van der Waals surface area contributed by atoms with Crippen LogP contribution in [0.1, 0.15) is 25.7 Å². The number of carbonyl (C=O) groups excluding carboxylic acids is 2. The smallest absolute Gasteiger partial charge is 0.323 e. The Kier molecular flexibility index (Phi) is 4.87. The Morgan fingerprint density at radius 1 is 1.14 bits per heavy atom. The molecule has 1 heterocycles. The van der Waals surface area contributed by atoms with Crippen LogP contribution < -0.4 is 10.6 Å². The Bertz CT molecular complexity index is 531. The van der Waals surface area contributed by atoms with Gasteiger partial charge in [0.25, 0.3) is 0 Å². The molecule has 0 bridgehead atoms. The molecule has 0 aromatic heterocycles. The molecule has 2 aliphatic rings. The van der Waals surface area contributed by atoms with E-state index in [9.17, 15) is 9.59 Å². The van der Waals surface area contributed by atoms with Crippen LogP contribution in [0.3, 0.4) is 0 Å². The molecular weight excluding hydrogens is 298 g/mol. The minimum absolute atomic E-state index is 0.0138. The van der Waals surface area contributed by atoms with Gasteiger partial charge >= 0.3 is 6.03 Å². The van der Waals surface area contributed by atoms with Gasteiger partial charge in [-0.05, 0) is 25.0 Å². The minimum Gasteiger partial charge on any atom is -0.352 e. The first-order valence-electron chi connectivity index (χ1n) is 7.75. The van der Waals surface area contributed by atoms with Gasteiger partial charge in [0, 0.05) is 17.5 Å². The molecule has 3 rings (SSSR count). The van der Waals surface area contributed by atoms with Gasteiger partial charge in [-0.2, -0.15) is 0 Å². The normalized spacial score (nSPS) is 21.8. The van der Waals surface area contributed by atoms with Crippen molar-refractivity contribution in [3.05, 3.63) is 30.3 Å². The number of carbonyl (C=O) groups is 2. The topological polar surface area (TPSA) is 61.4 Å². The second-order valence-electron chi connectivity index (χ2n) is 5.77. The molecule has 0 spiro atoms. The molecular formula is C16H21N3O2S. The number of anilines is 1. The average molecular weight is 319 g/mol. The molecule has 1 aromatic carbocycles. The molecule has 0 unspecified atom stereocenters. The average Bonchev–Trinajstić information content (AvgIpc) is 3.19.